The van der Waals surface area contributed by atoms with Crippen molar-refractivity contribution in [1.29, 1.82) is 0 Å². The maximum atomic E-state index is 12.9. The molecule has 0 spiro atoms. The van der Waals surface area contributed by atoms with Crippen LogP contribution >= 0.6 is 0 Å². The number of carbonyl (C=O) groups excluding carboxylic acids is 1. The highest BCUT2D eigenvalue weighted by molar-refractivity contribution is 5.92. The van der Waals surface area contributed by atoms with Crippen LogP contribution in [0.4, 0.5) is 0 Å². The fourth-order valence-corrected chi connectivity index (χ4v) is 3.68. The summed E-state index contributed by atoms with van der Waals surface area (Å²) in [6.45, 7) is 9.61. The van der Waals surface area contributed by atoms with Gasteiger partial charge in [0.15, 0.2) is 0 Å². The van der Waals surface area contributed by atoms with Crippen molar-refractivity contribution in [3.63, 3.8) is 0 Å². The van der Waals surface area contributed by atoms with Crippen LogP contribution < -0.4 is 5.32 Å². The van der Waals surface area contributed by atoms with Crippen molar-refractivity contribution in [3.05, 3.63) is 47.5 Å². The lowest BCUT2D eigenvalue weighted by Crippen LogP contribution is -2.41. The first kappa shape index (κ1) is 19.5. The van der Waals surface area contributed by atoms with E-state index < -0.39 is 0 Å². The number of amides is 1. The first-order valence-corrected chi connectivity index (χ1v) is 10.1. The fraction of sp³-hybridized carbons (Fsp3) is 0.571. The number of pyridine rings is 1. The number of carbonyl (C=O) groups is 1. The smallest absolute Gasteiger partial charge is 0.269 e. The molecule has 27 heavy (non-hydrogen) atoms. The average Bonchev–Trinajstić information content (AvgIpc) is 3.15. The van der Waals surface area contributed by atoms with Gasteiger partial charge in [0.1, 0.15) is 5.69 Å². The minimum absolute atomic E-state index is 0.0536. The minimum atomic E-state index is -0.0536. The third-order valence-electron chi connectivity index (χ3n) is 5.28. The van der Waals surface area contributed by atoms with Crippen molar-refractivity contribution in [1.82, 2.24) is 25.0 Å². The SMILES string of the molecule is CCn1nc(C(C)C)cc1C(=O)NC[C@@H](c1cccnc1)N1CCCCC1. The van der Waals surface area contributed by atoms with Crippen molar-refractivity contribution in [2.45, 2.75) is 58.5 Å². The summed E-state index contributed by atoms with van der Waals surface area (Å²) in [6, 6.07) is 6.15. The van der Waals surface area contributed by atoms with Crippen molar-refractivity contribution in [3.8, 4) is 0 Å². The van der Waals surface area contributed by atoms with Gasteiger partial charge in [0.05, 0.1) is 11.7 Å². The Bertz CT molecular complexity index is 734. The summed E-state index contributed by atoms with van der Waals surface area (Å²) in [5, 5.41) is 7.71. The van der Waals surface area contributed by atoms with E-state index in [1.165, 1.54) is 19.3 Å². The van der Waals surface area contributed by atoms with Gasteiger partial charge >= 0.3 is 0 Å². The van der Waals surface area contributed by atoms with Gasteiger partial charge in [0, 0.05) is 25.5 Å². The van der Waals surface area contributed by atoms with E-state index in [9.17, 15) is 4.79 Å². The molecule has 0 bridgehead atoms. The van der Waals surface area contributed by atoms with E-state index in [1.807, 2.05) is 25.3 Å². The van der Waals surface area contributed by atoms with Crippen LogP contribution in [-0.2, 0) is 6.54 Å². The number of hydrogen-bond donors (Lipinski definition) is 1. The molecule has 2 aromatic heterocycles. The molecule has 2 aromatic rings. The molecule has 1 fully saturated rings. The number of likely N-dealkylation sites (tertiary alicyclic amines) is 1. The maximum absolute atomic E-state index is 12.9. The summed E-state index contributed by atoms with van der Waals surface area (Å²) in [5.74, 6) is 0.253. The number of hydrogen-bond acceptors (Lipinski definition) is 4. The lowest BCUT2D eigenvalue weighted by molar-refractivity contribution is 0.0914. The Morgan fingerprint density at radius 2 is 2.04 bits per heavy atom. The number of nitrogens with zero attached hydrogens (tertiary/aromatic N) is 4. The number of nitrogens with one attached hydrogen (secondary N) is 1. The maximum Gasteiger partial charge on any atom is 0.269 e. The molecular formula is C21H31N5O. The molecule has 1 N–H and O–H groups in total. The van der Waals surface area contributed by atoms with Crippen LogP contribution in [0.3, 0.4) is 0 Å². The molecule has 1 atom stereocenters. The third-order valence-corrected chi connectivity index (χ3v) is 5.28. The van der Waals surface area contributed by atoms with E-state index >= 15 is 0 Å². The van der Waals surface area contributed by atoms with Crippen molar-refractivity contribution in [2.24, 2.45) is 0 Å². The minimum Gasteiger partial charge on any atom is -0.349 e. The summed E-state index contributed by atoms with van der Waals surface area (Å²) >= 11 is 0. The molecule has 146 valence electrons. The van der Waals surface area contributed by atoms with Crippen LogP contribution in [0.2, 0.25) is 0 Å². The van der Waals surface area contributed by atoms with Gasteiger partial charge in [-0.3, -0.25) is 19.4 Å². The van der Waals surface area contributed by atoms with Gasteiger partial charge < -0.3 is 5.32 Å². The van der Waals surface area contributed by atoms with E-state index in [1.54, 1.807) is 10.9 Å². The van der Waals surface area contributed by atoms with Gasteiger partial charge in [-0.2, -0.15) is 5.10 Å². The third kappa shape index (κ3) is 4.75. The van der Waals surface area contributed by atoms with E-state index in [4.69, 9.17) is 0 Å². The highest BCUT2D eigenvalue weighted by Crippen LogP contribution is 2.24. The van der Waals surface area contributed by atoms with Gasteiger partial charge in [-0.1, -0.05) is 26.3 Å². The quantitative estimate of drug-likeness (QED) is 0.813. The molecule has 1 amide bonds. The van der Waals surface area contributed by atoms with Gasteiger partial charge in [-0.25, -0.2) is 0 Å². The van der Waals surface area contributed by atoms with Gasteiger partial charge in [-0.15, -0.1) is 0 Å². The highest BCUT2D eigenvalue weighted by atomic mass is 16.2. The van der Waals surface area contributed by atoms with Gasteiger partial charge in [-0.05, 0) is 56.5 Å². The molecule has 0 aliphatic carbocycles. The van der Waals surface area contributed by atoms with Crippen LogP contribution in [0.15, 0.2) is 30.6 Å². The van der Waals surface area contributed by atoms with E-state index in [0.29, 0.717) is 24.7 Å². The lowest BCUT2D eigenvalue weighted by atomic mass is 10.0. The van der Waals surface area contributed by atoms with E-state index in [2.05, 4.69) is 40.2 Å². The zero-order chi connectivity index (χ0) is 19.2. The Labute approximate surface area is 162 Å². The standard InChI is InChI=1S/C21H31N5O/c1-4-26-19(13-18(24-26)16(2)3)21(27)23-15-20(17-9-8-10-22-14-17)25-11-6-5-7-12-25/h8-10,13-14,16,20H,4-7,11-12,15H2,1-3H3,(H,23,27)/t20-/m0/s1. The number of rotatable bonds is 7. The van der Waals surface area contributed by atoms with Crippen LogP contribution in [0.5, 0.6) is 0 Å². The van der Waals surface area contributed by atoms with E-state index in [-0.39, 0.29) is 11.9 Å². The predicted octanol–water partition coefficient (Wildman–Crippen LogP) is 3.38. The van der Waals surface area contributed by atoms with Crippen LogP contribution in [-0.4, -0.2) is 45.2 Å². The van der Waals surface area contributed by atoms with Gasteiger partial charge in [0.25, 0.3) is 5.91 Å². The summed E-state index contributed by atoms with van der Waals surface area (Å²) in [5.41, 5.74) is 2.76. The zero-order valence-electron chi connectivity index (χ0n) is 16.7. The summed E-state index contributed by atoms with van der Waals surface area (Å²) in [4.78, 5) is 19.6. The highest BCUT2D eigenvalue weighted by Gasteiger charge is 2.24. The number of piperidine rings is 1. The second-order valence-electron chi connectivity index (χ2n) is 7.53. The van der Waals surface area contributed by atoms with Gasteiger partial charge in [0.2, 0.25) is 0 Å². The summed E-state index contributed by atoms with van der Waals surface area (Å²) in [6.07, 6.45) is 7.42. The molecule has 1 saturated heterocycles. The largest absolute Gasteiger partial charge is 0.349 e. The molecular weight excluding hydrogens is 338 g/mol. The lowest BCUT2D eigenvalue weighted by Gasteiger charge is -2.34. The Morgan fingerprint density at radius 3 is 2.67 bits per heavy atom. The number of aryl methyl sites for hydroxylation is 1. The topological polar surface area (TPSA) is 63.1 Å². The predicted molar refractivity (Wildman–Crippen MR) is 107 cm³/mol. The van der Waals surface area contributed by atoms with Crippen molar-refractivity contribution in [2.75, 3.05) is 19.6 Å². The van der Waals surface area contributed by atoms with Crippen LogP contribution in [0.1, 0.15) is 73.7 Å². The first-order valence-electron chi connectivity index (χ1n) is 10.1. The molecule has 3 rings (SSSR count). The summed E-state index contributed by atoms with van der Waals surface area (Å²) in [7, 11) is 0. The van der Waals surface area contributed by atoms with E-state index in [0.717, 1.165) is 24.3 Å². The van der Waals surface area contributed by atoms with Crippen LogP contribution in [0, 0.1) is 0 Å². The molecule has 1 aliphatic heterocycles. The molecule has 0 unspecified atom stereocenters. The Balaban J connectivity index is 1.74. The van der Waals surface area contributed by atoms with Crippen LogP contribution in [0.25, 0.3) is 0 Å². The molecule has 0 saturated carbocycles. The first-order chi connectivity index (χ1) is 13.1. The molecule has 6 heteroatoms. The van der Waals surface area contributed by atoms with Crippen molar-refractivity contribution < 1.29 is 4.79 Å². The zero-order valence-corrected chi connectivity index (χ0v) is 16.7. The molecule has 0 radical (unpaired) electrons. The monoisotopic (exact) mass is 369 g/mol. The molecule has 6 nitrogen and oxygen atoms in total. The summed E-state index contributed by atoms with van der Waals surface area (Å²) < 4.78 is 1.80. The molecule has 3 heterocycles. The van der Waals surface area contributed by atoms with Crippen molar-refractivity contribution >= 4 is 5.91 Å². The Hall–Kier alpha value is -2.21. The number of aromatic nitrogens is 3. The Morgan fingerprint density at radius 1 is 1.26 bits per heavy atom. The second kappa shape index (κ2) is 9.13. The average molecular weight is 370 g/mol. The molecule has 0 aromatic carbocycles. The second-order valence-corrected chi connectivity index (χ2v) is 7.53. The fourth-order valence-electron chi connectivity index (χ4n) is 3.68. The Kier molecular flexibility index (Phi) is 6.61. The molecule has 1 aliphatic rings. The normalized spacial score (nSPS) is 16.4.